The number of nitrogens with zero attached hydrogens (tertiary/aromatic N) is 2. The first-order chi connectivity index (χ1) is 10.3. The molecule has 2 aromatic rings. The van der Waals surface area contributed by atoms with E-state index < -0.39 is 6.10 Å². The van der Waals surface area contributed by atoms with E-state index in [4.69, 9.17) is 0 Å². The zero-order valence-electron chi connectivity index (χ0n) is 14.2. The van der Waals surface area contributed by atoms with Gasteiger partial charge in [0, 0.05) is 24.3 Å². The Morgan fingerprint density at radius 2 is 1.86 bits per heavy atom. The molecule has 22 heavy (non-hydrogen) atoms. The van der Waals surface area contributed by atoms with Crippen molar-refractivity contribution >= 4 is 0 Å². The Morgan fingerprint density at radius 1 is 1.23 bits per heavy atom. The van der Waals surface area contributed by atoms with Gasteiger partial charge in [0.1, 0.15) is 0 Å². The summed E-state index contributed by atoms with van der Waals surface area (Å²) in [4.78, 5) is 0. The van der Waals surface area contributed by atoms with Gasteiger partial charge in [0.2, 0.25) is 0 Å². The molecule has 1 aromatic carbocycles. The molecule has 2 rings (SSSR count). The number of aromatic nitrogens is 2. The van der Waals surface area contributed by atoms with E-state index in [1.807, 2.05) is 41.9 Å². The number of hydrogen-bond acceptors (Lipinski definition) is 3. The SMILES string of the molecule is Cc1nn(C(C)(C)C)cc1C(C)NCC(O)c1ccccc1. The van der Waals surface area contributed by atoms with Crippen LogP contribution in [-0.2, 0) is 5.54 Å². The van der Waals surface area contributed by atoms with Crippen LogP contribution in [0, 0.1) is 6.92 Å². The van der Waals surface area contributed by atoms with Crippen LogP contribution in [-0.4, -0.2) is 21.4 Å². The summed E-state index contributed by atoms with van der Waals surface area (Å²) in [6.07, 6.45) is 1.60. The average Bonchev–Trinajstić information content (AvgIpc) is 2.87. The van der Waals surface area contributed by atoms with Crippen molar-refractivity contribution in [3.05, 3.63) is 53.3 Å². The molecular formula is C18H27N3O. The van der Waals surface area contributed by atoms with Crippen LogP contribution in [0.15, 0.2) is 36.5 Å². The Morgan fingerprint density at radius 3 is 2.41 bits per heavy atom. The van der Waals surface area contributed by atoms with Crippen LogP contribution in [0.5, 0.6) is 0 Å². The smallest absolute Gasteiger partial charge is 0.0914 e. The first kappa shape index (κ1) is 16.7. The number of aliphatic hydroxyl groups excluding tert-OH is 1. The molecule has 0 saturated heterocycles. The molecule has 2 N–H and O–H groups in total. The first-order valence-corrected chi connectivity index (χ1v) is 7.82. The van der Waals surface area contributed by atoms with Crippen molar-refractivity contribution in [2.45, 2.75) is 52.3 Å². The molecule has 0 fully saturated rings. The van der Waals surface area contributed by atoms with Crippen LogP contribution < -0.4 is 5.32 Å². The molecule has 4 heteroatoms. The van der Waals surface area contributed by atoms with Gasteiger partial charge in [0.15, 0.2) is 0 Å². The van der Waals surface area contributed by atoms with E-state index in [1.54, 1.807) is 0 Å². The van der Waals surface area contributed by atoms with Crippen molar-refractivity contribution in [1.29, 1.82) is 0 Å². The predicted octanol–water partition coefficient (Wildman–Crippen LogP) is 3.33. The molecule has 0 aliphatic carbocycles. The molecule has 0 radical (unpaired) electrons. The van der Waals surface area contributed by atoms with E-state index in [0.29, 0.717) is 6.54 Å². The highest BCUT2D eigenvalue weighted by atomic mass is 16.3. The minimum Gasteiger partial charge on any atom is -0.387 e. The molecule has 120 valence electrons. The summed E-state index contributed by atoms with van der Waals surface area (Å²) in [6.45, 7) is 11.1. The fourth-order valence-electron chi connectivity index (χ4n) is 2.43. The highest BCUT2D eigenvalue weighted by molar-refractivity contribution is 5.21. The van der Waals surface area contributed by atoms with Crippen molar-refractivity contribution in [3.8, 4) is 0 Å². The van der Waals surface area contributed by atoms with Crippen molar-refractivity contribution in [2.75, 3.05) is 6.54 Å². The van der Waals surface area contributed by atoms with Crippen LogP contribution in [0.3, 0.4) is 0 Å². The van der Waals surface area contributed by atoms with Gasteiger partial charge in [-0.1, -0.05) is 30.3 Å². The summed E-state index contributed by atoms with van der Waals surface area (Å²) in [7, 11) is 0. The summed E-state index contributed by atoms with van der Waals surface area (Å²) >= 11 is 0. The highest BCUT2D eigenvalue weighted by Gasteiger charge is 2.19. The van der Waals surface area contributed by atoms with Crippen molar-refractivity contribution in [2.24, 2.45) is 0 Å². The lowest BCUT2D eigenvalue weighted by molar-refractivity contribution is 0.170. The van der Waals surface area contributed by atoms with Crippen LogP contribution in [0.2, 0.25) is 0 Å². The van der Waals surface area contributed by atoms with Crippen molar-refractivity contribution in [1.82, 2.24) is 15.1 Å². The van der Waals surface area contributed by atoms with Crippen LogP contribution in [0.4, 0.5) is 0 Å². The minimum absolute atomic E-state index is 0.0215. The minimum atomic E-state index is -0.499. The fraction of sp³-hybridized carbons (Fsp3) is 0.500. The van der Waals surface area contributed by atoms with Gasteiger partial charge in [0.25, 0.3) is 0 Å². The topological polar surface area (TPSA) is 50.1 Å². The summed E-state index contributed by atoms with van der Waals surface area (Å²) in [6, 6.07) is 9.88. The number of aryl methyl sites for hydroxylation is 1. The Labute approximate surface area is 133 Å². The molecule has 1 heterocycles. The predicted molar refractivity (Wildman–Crippen MR) is 89.8 cm³/mol. The van der Waals surface area contributed by atoms with Gasteiger partial charge in [0.05, 0.1) is 17.3 Å². The normalized spacial score (nSPS) is 14.8. The van der Waals surface area contributed by atoms with Gasteiger partial charge in [-0.05, 0) is 40.2 Å². The van der Waals surface area contributed by atoms with Gasteiger partial charge in [-0.3, -0.25) is 4.68 Å². The second-order valence-corrected chi connectivity index (χ2v) is 6.84. The van der Waals surface area contributed by atoms with Crippen LogP contribution in [0.1, 0.15) is 56.7 Å². The third-order valence-electron chi connectivity index (χ3n) is 3.89. The molecule has 4 nitrogen and oxygen atoms in total. The van der Waals surface area contributed by atoms with Crippen LogP contribution in [0.25, 0.3) is 0 Å². The maximum Gasteiger partial charge on any atom is 0.0914 e. The summed E-state index contributed by atoms with van der Waals surface area (Å²) in [5.41, 5.74) is 3.12. The van der Waals surface area contributed by atoms with Gasteiger partial charge in [-0.25, -0.2) is 0 Å². The molecule has 0 bridgehead atoms. The Hall–Kier alpha value is -1.65. The molecule has 0 amide bonds. The lowest BCUT2D eigenvalue weighted by Crippen LogP contribution is -2.25. The lowest BCUT2D eigenvalue weighted by atomic mass is 10.1. The quantitative estimate of drug-likeness (QED) is 0.890. The number of rotatable bonds is 5. The summed E-state index contributed by atoms with van der Waals surface area (Å²) in [5, 5.41) is 18.2. The number of benzene rings is 1. The van der Waals surface area contributed by atoms with E-state index in [2.05, 4.69) is 44.3 Å². The molecular weight excluding hydrogens is 274 g/mol. The molecule has 2 atom stereocenters. The second-order valence-electron chi connectivity index (χ2n) is 6.84. The summed E-state index contributed by atoms with van der Waals surface area (Å²) in [5.74, 6) is 0. The van der Waals surface area contributed by atoms with E-state index >= 15 is 0 Å². The zero-order chi connectivity index (χ0) is 16.3. The molecule has 0 saturated carbocycles. The largest absolute Gasteiger partial charge is 0.387 e. The van der Waals surface area contributed by atoms with Gasteiger partial charge < -0.3 is 10.4 Å². The van der Waals surface area contributed by atoms with Gasteiger partial charge >= 0.3 is 0 Å². The number of aliphatic hydroxyl groups is 1. The lowest BCUT2D eigenvalue weighted by Gasteiger charge is -2.19. The van der Waals surface area contributed by atoms with E-state index in [9.17, 15) is 5.11 Å². The monoisotopic (exact) mass is 301 g/mol. The number of nitrogens with one attached hydrogen (secondary N) is 1. The van der Waals surface area contributed by atoms with Gasteiger partial charge in [-0.15, -0.1) is 0 Å². The molecule has 1 aromatic heterocycles. The Balaban J connectivity index is 2.01. The third kappa shape index (κ3) is 3.96. The average molecular weight is 301 g/mol. The Kier molecular flexibility index (Phi) is 5.04. The number of hydrogen-bond donors (Lipinski definition) is 2. The van der Waals surface area contributed by atoms with E-state index in [-0.39, 0.29) is 11.6 Å². The summed E-state index contributed by atoms with van der Waals surface area (Å²) < 4.78 is 2.00. The van der Waals surface area contributed by atoms with E-state index in [1.165, 1.54) is 5.56 Å². The standard InChI is InChI=1S/C18H27N3O/c1-13(16-12-21(18(3,4)5)20-14(16)2)19-11-17(22)15-9-7-6-8-10-15/h6-10,12-13,17,19,22H,11H2,1-5H3. The maximum absolute atomic E-state index is 10.2. The van der Waals surface area contributed by atoms with Crippen molar-refractivity contribution < 1.29 is 5.11 Å². The molecule has 0 aliphatic heterocycles. The maximum atomic E-state index is 10.2. The van der Waals surface area contributed by atoms with E-state index in [0.717, 1.165) is 11.3 Å². The fourth-order valence-corrected chi connectivity index (χ4v) is 2.43. The zero-order valence-corrected chi connectivity index (χ0v) is 14.2. The van der Waals surface area contributed by atoms with Gasteiger partial charge in [-0.2, -0.15) is 5.10 Å². The molecule has 0 aliphatic rings. The Bertz CT molecular complexity index is 599. The van der Waals surface area contributed by atoms with Crippen LogP contribution >= 0.6 is 0 Å². The molecule has 2 unspecified atom stereocenters. The van der Waals surface area contributed by atoms with Crippen molar-refractivity contribution in [3.63, 3.8) is 0 Å². The third-order valence-corrected chi connectivity index (χ3v) is 3.89. The first-order valence-electron chi connectivity index (χ1n) is 7.82. The molecule has 0 spiro atoms. The second kappa shape index (κ2) is 6.63. The highest BCUT2D eigenvalue weighted by Crippen LogP contribution is 2.21.